The second-order valence-corrected chi connectivity index (χ2v) is 5.10. The van der Waals surface area contributed by atoms with Crippen molar-refractivity contribution in [3.63, 3.8) is 0 Å². The van der Waals surface area contributed by atoms with Crippen LogP contribution in [-0.4, -0.2) is 44.2 Å². The van der Waals surface area contributed by atoms with Crippen molar-refractivity contribution in [2.75, 3.05) is 31.6 Å². The van der Waals surface area contributed by atoms with E-state index in [1.54, 1.807) is 0 Å². The maximum absolute atomic E-state index is 11.9. The van der Waals surface area contributed by atoms with Gasteiger partial charge in [-0.15, -0.1) is 12.4 Å². The highest BCUT2D eigenvalue weighted by molar-refractivity contribution is 5.96. The van der Waals surface area contributed by atoms with Crippen LogP contribution in [0.25, 0.3) is 0 Å². The second kappa shape index (κ2) is 8.73. The number of amides is 2. The Morgan fingerprint density at radius 1 is 1.32 bits per heavy atom. The van der Waals surface area contributed by atoms with Gasteiger partial charge in [-0.05, 0) is 25.0 Å². The lowest BCUT2D eigenvalue weighted by atomic mass is 10.1. The van der Waals surface area contributed by atoms with Gasteiger partial charge in [0.1, 0.15) is 6.10 Å². The smallest absolute Gasteiger partial charge is 0.250 e. The van der Waals surface area contributed by atoms with E-state index in [1.807, 2.05) is 32.0 Å². The van der Waals surface area contributed by atoms with Gasteiger partial charge >= 0.3 is 0 Å². The van der Waals surface area contributed by atoms with E-state index in [4.69, 9.17) is 4.74 Å². The summed E-state index contributed by atoms with van der Waals surface area (Å²) in [6.07, 6.45) is -0.522. The summed E-state index contributed by atoms with van der Waals surface area (Å²) in [5, 5.41) is 8.49. The molecule has 6 nitrogen and oxygen atoms in total. The molecule has 7 heteroatoms. The molecule has 0 radical (unpaired) electrons. The van der Waals surface area contributed by atoms with Gasteiger partial charge in [0.25, 0.3) is 5.91 Å². The van der Waals surface area contributed by atoms with Gasteiger partial charge in [0.15, 0.2) is 0 Å². The summed E-state index contributed by atoms with van der Waals surface area (Å²) < 4.78 is 5.32. The van der Waals surface area contributed by atoms with Gasteiger partial charge in [0.05, 0.1) is 13.2 Å². The highest BCUT2D eigenvalue weighted by Gasteiger charge is 2.21. The van der Waals surface area contributed by atoms with Gasteiger partial charge in [-0.25, -0.2) is 0 Å². The van der Waals surface area contributed by atoms with E-state index in [9.17, 15) is 9.59 Å². The molecule has 1 atom stereocenters. The number of ether oxygens (including phenoxy) is 1. The molecule has 1 aliphatic rings. The fraction of sp³-hybridized carbons (Fsp3) is 0.467. The highest BCUT2D eigenvalue weighted by atomic mass is 35.5. The predicted octanol–water partition coefficient (Wildman–Crippen LogP) is 0.768. The van der Waals surface area contributed by atoms with Crippen LogP contribution in [0.5, 0.6) is 0 Å². The first-order valence-electron chi connectivity index (χ1n) is 7.04. The molecule has 3 N–H and O–H groups in total. The fourth-order valence-corrected chi connectivity index (χ4v) is 2.21. The number of para-hydroxylation sites is 1. The molecule has 0 aliphatic carbocycles. The summed E-state index contributed by atoms with van der Waals surface area (Å²) in [5.41, 5.74) is 2.79. The third kappa shape index (κ3) is 4.98. The molecule has 2 amide bonds. The zero-order chi connectivity index (χ0) is 15.2. The number of hydrogen-bond acceptors (Lipinski definition) is 4. The Labute approximate surface area is 136 Å². The summed E-state index contributed by atoms with van der Waals surface area (Å²) in [4.78, 5) is 23.8. The number of hydrogen-bond donors (Lipinski definition) is 3. The van der Waals surface area contributed by atoms with Crippen LogP contribution in [0.1, 0.15) is 11.1 Å². The number of morpholine rings is 1. The van der Waals surface area contributed by atoms with Crippen molar-refractivity contribution < 1.29 is 14.3 Å². The molecule has 1 aliphatic heterocycles. The first kappa shape index (κ1) is 18.4. The topological polar surface area (TPSA) is 79.5 Å². The number of rotatable bonds is 4. The van der Waals surface area contributed by atoms with E-state index in [0.717, 1.165) is 23.4 Å². The Balaban J connectivity index is 0.00000242. The lowest BCUT2D eigenvalue weighted by Gasteiger charge is -2.22. The Kier molecular flexibility index (Phi) is 7.31. The summed E-state index contributed by atoms with van der Waals surface area (Å²) >= 11 is 0. The lowest BCUT2D eigenvalue weighted by Crippen LogP contribution is -2.49. The monoisotopic (exact) mass is 327 g/mol. The Morgan fingerprint density at radius 3 is 2.59 bits per heavy atom. The minimum atomic E-state index is -0.522. The third-order valence-corrected chi connectivity index (χ3v) is 3.39. The molecule has 1 saturated heterocycles. The first-order chi connectivity index (χ1) is 10.1. The van der Waals surface area contributed by atoms with Crippen LogP contribution in [0, 0.1) is 13.8 Å². The third-order valence-electron chi connectivity index (χ3n) is 3.39. The molecule has 0 saturated carbocycles. The molecule has 0 aromatic heterocycles. The van der Waals surface area contributed by atoms with Gasteiger partial charge in [0.2, 0.25) is 5.91 Å². The number of halogens is 1. The summed E-state index contributed by atoms with van der Waals surface area (Å²) in [6, 6.07) is 5.81. The molecule has 1 unspecified atom stereocenters. The predicted molar refractivity (Wildman–Crippen MR) is 87.4 cm³/mol. The molecule has 1 fully saturated rings. The molecule has 0 bridgehead atoms. The van der Waals surface area contributed by atoms with Crippen LogP contribution >= 0.6 is 12.4 Å². The molecule has 22 heavy (non-hydrogen) atoms. The number of carbonyl (C=O) groups excluding carboxylic acids is 2. The zero-order valence-electron chi connectivity index (χ0n) is 12.8. The summed E-state index contributed by atoms with van der Waals surface area (Å²) in [6.45, 7) is 5.53. The van der Waals surface area contributed by atoms with Gasteiger partial charge in [-0.2, -0.15) is 0 Å². The molecular weight excluding hydrogens is 306 g/mol. The van der Waals surface area contributed by atoms with E-state index in [1.165, 1.54) is 0 Å². The molecule has 122 valence electrons. The van der Waals surface area contributed by atoms with Crippen molar-refractivity contribution in [1.82, 2.24) is 10.6 Å². The second-order valence-electron chi connectivity index (χ2n) is 5.10. The summed E-state index contributed by atoms with van der Waals surface area (Å²) in [7, 11) is 0. The SMILES string of the molecule is Cc1cccc(C)c1NC(=O)CNC(=O)C1CNCCO1.Cl. The van der Waals surface area contributed by atoms with Crippen LogP contribution in [0.15, 0.2) is 18.2 Å². The average molecular weight is 328 g/mol. The molecule has 0 spiro atoms. The first-order valence-corrected chi connectivity index (χ1v) is 7.04. The molecule has 1 aromatic carbocycles. The number of aryl methyl sites for hydroxylation is 2. The number of benzene rings is 1. The standard InChI is InChI=1S/C15H21N3O3.ClH/c1-10-4-3-5-11(2)14(10)18-13(19)9-17-15(20)12-8-16-6-7-21-12;/h3-5,12,16H,6-9H2,1-2H3,(H,17,20)(H,18,19);1H. The van der Waals surface area contributed by atoms with Crippen LogP contribution in [-0.2, 0) is 14.3 Å². The van der Waals surface area contributed by atoms with Crippen LogP contribution in [0.3, 0.4) is 0 Å². The molecule has 2 rings (SSSR count). The zero-order valence-corrected chi connectivity index (χ0v) is 13.6. The van der Waals surface area contributed by atoms with Gasteiger partial charge in [-0.3, -0.25) is 9.59 Å². The van der Waals surface area contributed by atoms with Crippen molar-refractivity contribution in [1.29, 1.82) is 0 Å². The van der Waals surface area contributed by atoms with Crippen molar-refractivity contribution in [3.8, 4) is 0 Å². The Hall–Kier alpha value is -1.63. The minimum Gasteiger partial charge on any atom is -0.366 e. The average Bonchev–Trinajstić information content (AvgIpc) is 2.49. The fourth-order valence-electron chi connectivity index (χ4n) is 2.21. The van der Waals surface area contributed by atoms with Crippen molar-refractivity contribution >= 4 is 29.9 Å². The molecule has 1 heterocycles. The van der Waals surface area contributed by atoms with E-state index < -0.39 is 6.10 Å². The van der Waals surface area contributed by atoms with Crippen LogP contribution < -0.4 is 16.0 Å². The lowest BCUT2D eigenvalue weighted by molar-refractivity contribution is -0.135. The minimum absolute atomic E-state index is 0. The van der Waals surface area contributed by atoms with Crippen molar-refractivity contribution in [3.05, 3.63) is 29.3 Å². The van der Waals surface area contributed by atoms with Gasteiger partial charge in [-0.1, -0.05) is 18.2 Å². The number of carbonyl (C=O) groups is 2. The number of anilines is 1. The van der Waals surface area contributed by atoms with E-state index >= 15 is 0 Å². The Morgan fingerprint density at radius 2 is 2.00 bits per heavy atom. The van der Waals surface area contributed by atoms with E-state index in [-0.39, 0.29) is 30.8 Å². The van der Waals surface area contributed by atoms with Gasteiger partial charge < -0.3 is 20.7 Å². The van der Waals surface area contributed by atoms with E-state index in [2.05, 4.69) is 16.0 Å². The normalized spacial score (nSPS) is 17.3. The maximum Gasteiger partial charge on any atom is 0.250 e. The molecule has 1 aromatic rings. The van der Waals surface area contributed by atoms with Gasteiger partial charge in [0, 0.05) is 18.8 Å². The highest BCUT2D eigenvalue weighted by Crippen LogP contribution is 2.18. The van der Waals surface area contributed by atoms with Crippen LogP contribution in [0.4, 0.5) is 5.69 Å². The van der Waals surface area contributed by atoms with Crippen LogP contribution in [0.2, 0.25) is 0 Å². The quantitative estimate of drug-likeness (QED) is 0.763. The molecular formula is C15H22ClN3O3. The summed E-state index contributed by atoms with van der Waals surface area (Å²) in [5.74, 6) is -0.511. The number of nitrogens with one attached hydrogen (secondary N) is 3. The van der Waals surface area contributed by atoms with Crippen molar-refractivity contribution in [2.24, 2.45) is 0 Å². The van der Waals surface area contributed by atoms with Crippen molar-refractivity contribution in [2.45, 2.75) is 20.0 Å². The largest absolute Gasteiger partial charge is 0.366 e. The maximum atomic E-state index is 11.9. The van der Waals surface area contributed by atoms with E-state index in [0.29, 0.717) is 13.2 Å². The Bertz CT molecular complexity index is 511.